The average molecular weight is 252 g/mol. The normalized spacial score (nSPS) is 12.0. The minimum atomic E-state index is -4.96. The highest BCUT2D eigenvalue weighted by atomic mass is 19.3. The van der Waals surface area contributed by atoms with Crippen LogP contribution in [0.1, 0.15) is 0 Å². The van der Waals surface area contributed by atoms with Gasteiger partial charge in [-0.3, -0.25) is 0 Å². The first-order valence-corrected chi connectivity index (χ1v) is 3.39. The summed E-state index contributed by atoms with van der Waals surface area (Å²) in [4.78, 5) is 25.1. The second kappa shape index (κ2) is 4.76. The lowest BCUT2D eigenvalue weighted by atomic mass is 10.2. The van der Waals surface area contributed by atoms with Crippen molar-refractivity contribution in [3.63, 3.8) is 0 Å². The standard InChI is InChI=1S/C4H4F4N2O6/c5-3(6,1-15-9(11)12)4(7,8)2-16-10(13)14/h1-2H2. The van der Waals surface area contributed by atoms with Gasteiger partial charge in [0.15, 0.2) is 13.2 Å². The molecule has 0 aliphatic carbocycles. The van der Waals surface area contributed by atoms with E-state index in [1.165, 1.54) is 0 Å². The van der Waals surface area contributed by atoms with E-state index >= 15 is 0 Å². The van der Waals surface area contributed by atoms with Crippen LogP contribution in [0.15, 0.2) is 0 Å². The van der Waals surface area contributed by atoms with Gasteiger partial charge in [-0.1, -0.05) is 0 Å². The fourth-order valence-corrected chi connectivity index (χ4v) is 0.479. The molecule has 0 unspecified atom stereocenters. The summed E-state index contributed by atoms with van der Waals surface area (Å²) >= 11 is 0. The molecular formula is C4H4F4N2O6. The Balaban J connectivity index is 4.44. The van der Waals surface area contributed by atoms with Gasteiger partial charge in [-0.05, 0) is 0 Å². The predicted molar refractivity (Wildman–Crippen MR) is 35.8 cm³/mol. The average Bonchev–Trinajstić information content (AvgIpc) is 2.11. The number of rotatable bonds is 7. The van der Waals surface area contributed by atoms with Crippen LogP contribution in [0.2, 0.25) is 0 Å². The van der Waals surface area contributed by atoms with E-state index in [1.54, 1.807) is 0 Å². The lowest BCUT2D eigenvalue weighted by molar-refractivity contribution is -0.768. The Morgan fingerprint density at radius 2 is 1.12 bits per heavy atom. The number of alkyl halides is 4. The van der Waals surface area contributed by atoms with Crippen LogP contribution < -0.4 is 0 Å². The van der Waals surface area contributed by atoms with E-state index in [4.69, 9.17) is 0 Å². The van der Waals surface area contributed by atoms with Crippen LogP contribution >= 0.6 is 0 Å². The van der Waals surface area contributed by atoms with E-state index in [0.29, 0.717) is 0 Å². The van der Waals surface area contributed by atoms with Crippen molar-refractivity contribution in [2.45, 2.75) is 11.8 Å². The first kappa shape index (κ1) is 14.1. The Labute approximate surface area is 83.9 Å². The summed E-state index contributed by atoms with van der Waals surface area (Å²) in [6.07, 6.45) is 0. The molecule has 12 heteroatoms. The van der Waals surface area contributed by atoms with Crippen LogP contribution in [-0.4, -0.2) is 35.2 Å². The first-order chi connectivity index (χ1) is 7.08. The van der Waals surface area contributed by atoms with Crippen molar-refractivity contribution in [1.82, 2.24) is 0 Å². The molecule has 0 bridgehead atoms. The van der Waals surface area contributed by atoms with E-state index in [0.717, 1.165) is 0 Å². The Kier molecular flexibility index (Phi) is 4.20. The van der Waals surface area contributed by atoms with Crippen LogP contribution in [-0.2, 0) is 9.68 Å². The smallest absolute Gasteiger partial charge is 0.307 e. The van der Waals surface area contributed by atoms with Gasteiger partial charge in [0.2, 0.25) is 0 Å². The molecule has 0 aliphatic heterocycles. The van der Waals surface area contributed by atoms with Crippen molar-refractivity contribution in [3.05, 3.63) is 20.2 Å². The third-order valence-corrected chi connectivity index (χ3v) is 1.24. The van der Waals surface area contributed by atoms with Crippen molar-refractivity contribution < 1.29 is 37.4 Å². The summed E-state index contributed by atoms with van der Waals surface area (Å²) in [5.41, 5.74) is 0. The van der Waals surface area contributed by atoms with Crippen molar-refractivity contribution in [2.24, 2.45) is 0 Å². The van der Waals surface area contributed by atoms with Gasteiger partial charge in [0.25, 0.3) is 10.2 Å². The summed E-state index contributed by atoms with van der Waals surface area (Å²) in [5, 5.41) is 15.6. The SMILES string of the molecule is O=[N+]([O-])OCC(F)(F)C(F)(F)CO[N+](=O)[O-]. The summed E-state index contributed by atoms with van der Waals surface area (Å²) < 4.78 is 50.1. The highest BCUT2D eigenvalue weighted by molar-refractivity contribution is 4.83. The van der Waals surface area contributed by atoms with Crippen LogP contribution in [0, 0.1) is 20.2 Å². The molecule has 8 nitrogen and oxygen atoms in total. The molecule has 0 saturated carbocycles. The number of halogens is 4. The lowest BCUT2D eigenvalue weighted by Gasteiger charge is -2.24. The van der Waals surface area contributed by atoms with Gasteiger partial charge >= 0.3 is 11.8 Å². The van der Waals surface area contributed by atoms with Crippen LogP contribution in [0.3, 0.4) is 0 Å². The van der Waals surface area contributed by atoms with E-state index < -0.39 is 35.2 Å². The molecule has 0 atom stereocenters. The number of hydrogen-bond acceptors (Lipinski definition) is 6. The third-order valence-electron chi connectivity index (χ3n) is 1.24. The highest BCUT2D eigenvalue weighted by Crippen LogP contribution is 2.34. The van der Waals surface area contributed by atoms with E-state index in [9.17, 15) is 37.8 Å². The van der Waals surface area contributed by atoms with Gasteiger partial charge in [0.1, 0.15) is 0 Å². The molecule has 0 aromatic rings. The molecule has 0 radical (unpaired) electrons. The van der Waals surface area contributed by atoms with Crippen molar-refractivity contribution in [1.29, 1.82) is 0 Å². The first-order valence-electron chi connectivity index (χ1n) is 3.39. The van der Waals surface area contributed by atoms with Crippen molar-refractivity contribution >= 4 is 0 Å². The van der Waals surface area contributed by atoms with Gasteiger partial charge < -0.3 is 9.68 Å². The molecule has 0 aromatic carbocycles. The molecule has 16 heavy (non-hydrogen) atoms. The Bertz CT molecular complexity index is 256. The Hall–Kier alpha value is -1.88. The van der Waals surface area contributed by atoms with E-state index in [2.05, 4.69) is 9.68 Å². The largest absolute Gasteiger partial charge is 0.335 e. The van der Waals surface area contributed by atoms with Gasteiger partial charge in [0.05, 0.1) is 0 Å². The molecule has 0 rings (SSSR count). The molecule has 0 amide bonds. The maximum Gasteiger partial charge on any atom is 0.335 e. The van der Waals surface area contributed by atoms with Gasteiger partial charge in [-0.2, -0.15) is 17.6 Å². The van der Waals surface area contributed by atoms with E-state index in [-0.39, 0.29) is 0 Å². The van der Waals surface area contributed by atoms with Gasteiger partial charge in [-0.15, -0.1) is 20.2 Å². The van der Waals surface area contributed by atoms with Crippen molar-refractivity contribution in [2.75, 3.05) is 13.2 Å². The molecule has 0 fully saturated rings. The molecule has 0 N–H and O–H groups in total. The Morgan fingerprint density at radius 3 is 1.31 bits per heavy atom. The lowest BCUT2D eigenvalue weighted by Crippen LogP contribution is -2.48. The highest BCUT2D eigenvalue weighted by Gasteiger charge is 2.57. The topological polar surface area (TPSA) is 105 Å². The van der Waals surface area contributed by atoms with E-state index in [1.807, 2.05) is 0 Å². The van der Waals surface area contributed by atoms with Crippen LogP contribution in [0.5, 0.6) is 0 Å². The number of hydrogen-bond donors (Lipinski definition) is 0. The zero-order valence-electron chi connectivity index (χ0n) is 7.27. The summed E-state index contributed by atoms with van der Waals surface area (Å²) in [5.74, 6) is -9.92. The zero-order valence-corrected chi connectivity index (χ0v) is 7.27. The molecule has 0 aliphatic rings. The summed E-state index contributed by atoms with van der Waals surface area (Å²) in [7, 11) is 0. The minimum absolute atomic E-state index is 1.70. The second-order valence-electron chi connectivity index (χ2n) is 2.40. The monoisotopic (exact) mass is 252 g/mol. The molecule has 94 valence electrons. The maximum absolute atomic E-state index is 12.5. The molecule has 0 spiro atoms. The van der Waals surface area contributed by atoms with Crippen molar-refractivity contribution in [3.8, 4) is 0 Å². The fraction of sp³-hybridized carbons (Fsp3) is 1.00. The zero-order chi connectivity index (χ0) is 13.0. The second-order valence-corrected chi connectivity index (χ2v) is 2.40. The van der Waals surface area contributed by atoms with Crippen LogP contribution in [0.25, 0.3) is 0 Å². The minimum Gasteiger partial charge on any atom is -0.307 e. The molecule has 0 heterocycles. The van der Waals surface area contributed by atoms with Crippen LogP contribution in [0.4, 0.5) is 17.6 Å². The molecule has 0 saturated heterocycles. The summed E-state index contributed by atoms with van der Waals surface area (Å²) in [6, 6.07) is 0. The predicted octanol–water partition coefficient (Wildman–Crippen LogP) is 0.674. The third kappa shape index (κ3) is 4.10. The molecule has 0 aromatic heterocycles. The van der Waals surface area contributed by atoms with Gasteiger partial charge in [-0.25, -0.2) is 0 Å². The maximum atomic E-state index is 12.5. The quantitative estimate of drug-likeness (QED) is 0.374. The summed E-state index contributed by atoms with van der Waals surface area (Å²) in [6.45, 7) is -4.46. The number of nitrogens with zero attached hydrogens (tertiary/aromatic N) is 2. The Morgan fingerprint density at radius 1 is 0.875 bits per heavy atom. The molecular weight excluding hydrogens is 248 g/mol. The van der Waals surface area contributed by atoms with Gasteiger partial charge in [0, 0.05) is 0 Å². The fourth-order valence-electron chi connectivity index (χ4n) is 0.479.